The maximum absolute atomic E-state index is 11.6. The molecule has 0 aliphatic heterocycles. The van der Waals surface area contributed by atoms with Crippen molar-refractivity contribution in [2.24, 2.45) is 23.7 Å². The summed E-state index contributed by atoms with van der Waals surface area (Å²) < 4.78 is 0. The molecule has 0 heterocycles. The molecule has 108 valence electrons. The molecular weight excluding hydrogens is 244 g/mol. The third kappa shape index (κ3) is 3.85. The molecule has 4 atom stereocenters. The lowest BCUT2D eigenvalue weighted by atomic mass is 9.89. The number of amides is 2. The molecule has 2 aliphatic carbocycles. The highest BCUT2D eigenvalue weighted by Gasteiger charge is 2.39. The van der Waals surface area contributed by atoms with Crippen LogP contribution in [0.15, 0.2) is 0 Å². The van der Waals surface area contributed by atoms with Crippen molar-refractivity contribution >= 4 is 12.0 Å². The van der Waals surface area contributed by atoms with E-state index in [0.717, 1.165) is 18.4 Å². The quantitative estimate of drug-likeness (QED) is 0.687. The van der Waals surface area contributed by atoms with E-state index in [4.69, 9.17) is 5.11 Å². The van der Waals surface area contributed by atoms with Crippen LogP contribution in [0.1, 0.15) is 39.0 Å². The number of nitrogens with one attached hydrogen (secondary N) is 2. The van der Waals surface area contributed by atoms with E-state index in [0.29, 0.717) is 18.9 Å². The summed E-state index contributed by atoms with van der Waals surface area (Å²) in [6.45, 7) is 2.83. The van der Waals surface area contributed by atoms with Crippen LogP contribution >= 0.6 is 0 Å². The predicted molar refractivity (Wildman–Crippen MR) is 71.8 cm³/mol. The first kappa shape index (κ1) is 14.2. The number of carbonyl (C=O) groups excluding carboxylic acids is 1. The summed E-state index contributed by atoms with van der Waals surface area (Å²) in [6, 6.07) is -0.166. The minimum atomic E-state index is -0.816. The largest absolute Gasteiger partial charge is 0.481 e. The first-order valence-corrected chi connectivity index (χ1v) is 7.30. The van der Waals surface area contributed by atoms with Crippen LogP contribution in [0.2, 0.25) is 0 Å². The second kappa shape index (κ2) is 6.26. The van der Waals surface area contributed by atoms with Crippen molar-refractivity contribution in [3.8, 4) is 0 Å². The van der Waals surface area contributed by atoms with Crippen molar-refractivity contribution in [2.75, 3.05) is 13.1 Å². The zero-order chi connectivity index (χ0) is 13.8. The first-order chi connectivity index (χ1) is 9.06. The van der Waals surface area contributed by atoms with E-state index >= 15 is 0 Å². The Morgan fingerprint density at radius 3 is 2.63 bits per heavy atom. The Bertz CT molecular complexity index is 346. The second-order valence-electron chi connectivity index (χ2n) is 6.10. The van der Waals surface area contributed by atoms with Gasteiger partial charge < -0.3 is 15.7 Å². The Balaban J connectivity index is 1.56. The highest BCUT2D eigenvalue weighted by molar-refractivity contribution is 5.74. The Kier molecular flexibility index (Phi) is 4.66. The van der Waals surface area contributed by atoms with E-state index in [1.807, 2.05) is 0 Å². The number of hydrogen-bond donors (Lipinski definition) is 3. The summed E-state index contributed by atoms with van der Waals surface area (Å²) in [6.07, 6.45) is 5.79. The Morgan fingerprint density at radius 1 is 1.26 bits per heavy atom. The first-order valence-electron chi connectivity index (χ1n) is 7.30. The minimum absolute atomic E-state index is 0.166. The van der Waals surface area contributed by atoms with Crippen LogP contribution in [0.25, 0.3) is 0 Å². The van der Waals surface area contributed by atoms with Gasteiger partial charge in [0.2, 0.25) is 0 Å². The van der Waals surface area contributed by atoms with Crippen LogP contribution in [-0.4, -0.2) is 30.2 Å². The van der Waals surface area contributed by atoms with Gasteiger partial charge in [0.15, 0.2) is 0 Å². The summed E-state index contributed by atoms with van der Waals surface area (Å²) in [5, 5.41) is 14.4. The number of urea groups is 1. The fraction of sp³-hybridized carbons (Fsp3) is 0.857. The van der Waals surface area contributed by atoms with Gasteiger partial charge in [0.05, 0.1) is 5.92 Å². The number of rotatable bonds is 6. The number of carbonyl (C=O) groups is 2. The van der Waals surface area contributed by atoms with E-state index < -0.39 is 11.9 Å². The summed E-state index contributed by atoms with van der Waals surface area (Å²) in [4.78, 5) is 22.2. The third-order valence-corrected chi connectivity index (χ3v) is 4.69. The van der Waals surface area contributed by atoms with Crippen LogP contribution in [0.4, 0.5) is 4.79 Å². The smallest absolute Gasteiger partial charge is 0.314 e. The SMILES string of the molecule is CC(CCNC(=O)NCC1CC2CCC1C2)C(=O)O. The third-order valence-electron chi connectivity index (χ3n) is 4.69. The zero-order valence-electron chi connectivity index (χ0n) is 11.5. The van der Waals surface area contributed by atoms with Crippen molar-refractivity contribution in [1.29, 1.82) is 0 Å². The molecule has 5 nitrogen and oxygen atoms in total. The van der Waals surface area contributed by atoms with Crippen molar-refractivity contribution in [1.82, 2.24) is 10.6 Å². The highest BCUT2D eigenvalue weighted by Crippen LogP contribution is 2.47. The van der Waals surface area contributed by atoms with E-state index in [-0.39, 0.29) is 6.03 Å². The number of carboxylic acids is 1. The number of hydrogen-bond acceptors (Lipinski definition) is 2. The number of fused-ring (bicyclic) bond motifs is 2. The molecule has 0 saturated heterocycles. The van der Waals surface area contributed by atoms with Gasteiger partial charge in [-0.2, -0.15) is 0 Å². The van der Waals surface area contributed by atoms with Gasteiger partial charge in [-0.15, -0.1) is 0 Å². The number of carboxylic acid groups (broad SMARTS) is 1. The highest BCUT2D eigenvalue weighted by atomic mass is 16.4. The molecule has 19 heavy (non-hydrogen) atoms. The molecule has 5 heteroatoms. The number of aliphatic carboxylic acids is 1. The van der Waals surface area contributed by atoms with Gasteiger partial charge in [0.1, 0.15) is 0 Å². The zero-order valence-corrected chi connectivity index (χ0v) is 11.5. The van der Waals surface area contributed by atoms with Crippen molar-refractivity contribution in [3.63, 3.8) is 0 Å². The molecule has 3 N–H and O–H groups in total. The molecule has 2 bridgehead atoms. The molecule has 2 fully saturated rings. The molecular formula is C14H24N2O3. The monoisotopic (exact) mass is 268 g/mol. The van der Waals surface area contributed by atoms with Gasteiger partial charge >= 0.3 is 12.0 Å². The second-order valence-corrected chi connectivity index (χ2v) is 6.10. The normalized spacial score (nSPS) is 30.1. The standard InChI is InChI=1S/C14H24N2O3/c1-9(13(17)18)4-5-15-14(19)16-8-12-7-10-2-3-11(12)6-10/h9-12H,2-8H2,1H3,(H,17,18)(H2,15,16,19). The van der Waals surface area contributed by atoms with Gasteiger partial charge in [-0.3, -0.25) is 4.79 Å². The summed E-state index contributed by atoms with van der Waals surface area (Å²) in [5.74, 6) is 1.14. The lowest BCUT2D eigenvalue weighted by molar-refractivity contribution is -0.141. The van der Waals surface area contributed by atoms with Gasteiger partial charge in [-0.05, 0) is 43.4 Å². The average Bonchev–Trinajstić information content (AvgIpc) is 2.98. The van der Waals surface area contributed by atoms with E-state index in [9.17, 15) is 9.59 Å². The molecule has 0 radical (unpaired) electrons. The van der Waals surface area contributed by atoms with Crippen LogP contribution in [-0.2, 0) is 4.79 Å². The average molecular weight is 268 g/mol. The van der Waals surface area contributed by atoms with E-state index in [1.54, 1.807) is 6.92 Å². The van der Waals surface area contributed by atoms with Crippen LogP contribution in [0.5, 0.6) is 0 Å². The molecule has 0 aromatic rings. The van der Waals surface area contributed by atoms with Gasteiger partial charge in [-0.25, -0.2) is 4.79 Å². The fourth-order valence-electron chi connectivity index (χ4n) is 3.44. The minimum Gasteiger partial charge on any atom is -0.481 e. The lowest BCUT2D eigenvalue weighted by Crippen LogP contribution is -2.40. The molecule has 2 saturated carbocycles. The maximum atomic E-state index is 11.6. The maximum Gasteiger partial charge on any atom is 0.314 e. The van der Waals surface area contributed by atoms with E-state index in [2.05, 4.69) is 10.6 Å². The lowest BCUT2D eigenvalue weighted by Gasteiger charge is -2.21. The van der Waals surface area contributed by atoms with Crippen molar-refractivity contribution in [2.45, 2.75) is 39.0 Å². The molecule has 0 aromatic heterocycles. The Morgan fingerprint density at radius 2 is 2.05 bits per heavy atom. The van der Waals surface area contributed by atoms with Gasteiger partial charge in [-0.1, -0.05) is 13.3 Å². The molecule has 2 rings (SSSR count). The topological polar surface area (TPSA) is 78.4 Å². The molecule has 0 aromatic carbocycles. The van der Waals surface area contributed by atoms with Crippen LogP contribution in [0, 0.1) is 23.7 Å². The predicted octanol–water partition coefficient (Wildman–Crippen LogP) is 1.83. The Hall–Kier alpha value is -1.26. The molecule has 4 unspecified atom stereocenters. The fourth-order valence-corrected chi connectivity index (χ4v) is 3.44. The Labute approximate surface area is 114 Å². The molecule has 0 spiro atoms. The van der Waals surface area contributed by atoms with Gasteiger partial charge in [0.25, 0.3) is 0 Å². The summed E-state index contributed by atoms with van der Waals surface area (Å²) >= 11 is 0. The molecule has 2 aliphatic rings. The van der Waals surface area contributed by atoms with Crippen molar-refractivity contribution in [3.05, 3.63) is 0 Å². The summed E-state index contributed by atoms with van der Waals surface area (Å²) in [7, 11) is 0. The van der Waals surface area contributed by atoms with Crippen LogP contribution in [0.3, 0.4) is 0 Å². The van der Waals surface area contributed by atoms with E-state index in [1.165, 1.54) is 25.7 Å². The summed E-state index contributed by atoms with van der Waals surface area (Å²) in [5.41, 5.74) is 0. The van der Waals surface area contributed by atoms with Crippen LogP contribution < -0.4 is 10.6 Å². The van der Waals surface area contributed by atoms with Crippen molar-refractivity contribution < 1.29 is 14.7 Å². The molecule has 2 amide bonds. The van der Waals surface area contributed by atoms with Gasteiger partial charge in [0, 0.05) is 13.1 Å².